The third kappa shape index (κ3) is 6.75. The van der Waals surface area contributed by atoms with Gasteiger partial charge in [-0.1, -0.05) is 41.5 Å². The van der Waals surface area contributed by atoms with E-state index in [1.54, 1.807) is 0 Å². The average Bonchev–Trinajstić information content (AvgIpc) is 2.24. The van der Waals surface area contributed by atoms with Crippen molar-refractivity contribution in [2.45, 2.75) is 54.4 Å². The normalized spacial score (nSPS) is 13.0. The van der Waals surface area contributed by atoms with Gasteiger partial charge in [0.15, 0.2) is 0 Å². The van der Waals surface area contributed by atoms with Gasteiger partial charge in [0.1, 0.15) is 0 Å². The Hall–Kier alpha value is -0.0800. The van der Waals surface area contributed by atoms with Crippen LogP contribution >= 0.6 is 0 Å². The van der Waals surface area contributed by atoms with E-state index in [4.69, 9.17) is 4.74 Å². The summed E-state index contributed by atoms with van der Waals surface area (Å²) in [5.41, 5.74) is 0.323. The van der Waals surface area contributed by atoms with Crippen LogP contribution in [0, 0.1) is 17.3 Å². The first-order chi connectivity index (χ1) is 8.39. The van der Waals surface area contributed by atoms with Gasteiger partial charge in [0, 0.05) is 19.1 Å². The molecular formula is C16H35NO. The standard InChI is InChI=1S/C16H35NO/c1-8-17(9-2)12-16(13-18-7,10-14(3)4)11-15(5)6/h14-15H,8-13H2,1-7H3. The molecule has 0 heterocycles. The molecule has 0 unspecified atom stereocenters. The molecule has 0 amide bonds. The van der Waals surface area contributed by atoms with Crippen LogP contribution in [0.15, 0.2) is 0 Å². The number of hydrogen-bond acceptors (Lipinski definition) is 2. The van der Waals surface area contributed by atoms with Gasteiger partial charge in [-0.05, 0) is 37.8 Å². The highest BCUT2D eigenvalue weighted by atomic mass is 16.5. The predicted molar refractivity (Wildman–Crippen MR) is 81.0 cm³/mol. The van der Waals surface area contributed by atoms with Gasteiger partial charge in [-0.2, -0.15) is 0 Å². The van der Waals surface area contributed by atoms with Crippen LogP contribution in [0.3, 0.4) is 0 Å². The Balaban J connectivity index is 4.90. The van der Waals surface area contributed by atoms with Gasteiger partial charge in [-0.25, -0.2) is 0 Å². The summed E-state index contributed by atoms with van der Waals surface area (Å²) in [6.45, 7) is 18.2. The van der Waals surface area contributed by atoms with Crippen LogP contribution in [0.1, 0.15) is 54.4 Å². The molecule has 0 rings (SSSR count). The summed E-state index contributed by atoms with van der Waals surface area (Å²) in [4.78, 5) is 2.55. The fraction of sp³-hybridized carbons (Fsp3) is 1.00. The Bertz CT molecular complexity index is 187. The first-order valence-electron chi connectivity index (χ1n) is 7.60. The van der Waals surface area contributed by atoms with Crippen LogP contribution in [0.2, 0.25) is 0 Å². The molecule has 0 saturated heterocycles. The van der Waals surface area contributed by atoms with E-state index in [1.165, 1.54) is 19.4 Å². The lowest BCUT2D eigenvalue weighted by Gasteiger charge is -2.40. The SMILES string of the molecule is CCN(CC)CC(COC)(CC(C)C)CC(C)C. The fourth-order valence-corrected chi connectivity index (χ4v) is 3.34. The van der Waals surface area contributed by atoms with Crippen LogP contribution < -0.4 is 0 Å². The average molecular weight is 257 g/mol. The maximum absolute atomic E-state index is 5.57. The first kappa shape index (κ1) is 17.9. The van der Waals surface area contributed by atoms with Crippen molar-refractivity contribution in [2.24, 2.45) is 17.3 Å². The van der Waals surface area contributed by atoms with Crippen molar-refractivity contribution in [1.82, 2.24) is 4.90 Å². The molecule has 0 atom stereocenters. The Morgan fingerprint density at radius 3 is 1.67 bits per heavy atom. The van der Waals surface area contributed by atoms with E-state index in [0.717, 1.165) is 31.5 Å². The smallest absolute Gasteiger partial charge is 0.0531 e. The third-order valence-corrected chi connectivity index (χ3v) is 3.59. The van der Waals surface area contributed by atoms with Crippen LogP contribution in [0.25, 0.3) is 0 Å². The molecule has 18 heavy (non-hydrogen) atoms. The first-order valence-corrected chi connectivity index (χ1v) is 7.60. The fourth-order valence-electron chi connectivity index (χ4n) is 3.34. The minimum Gasteiger partial charge on any atom is -0.384 e. The lowest BCUT2D eigenvalue weighted by Crippen LogP contribution is -2.42. The maximum atomic E-state index is 5.57. The summed E-state index contributed by atoms with van der Waals surface area (Å²) in [7, 11) is 1.84. The highest BCUT2D eigenvalue weighted by Crippen LogP contribution is 2.35. The predicted octanol–water partition coefficient (Wildman–Crippen LogP) is 4.05. The summed E-state index contributed by atoms with van der Waals surface area (Å²) in [6.07, 6.45) is 2.52. The van der Waals surface area contributed by atoms with Crippen LogP contribution in [0.5, 0.6) is 0 Å². The molecule has 0 aromatic rings. The molecule has 0 aliphatic rings. The molecule has 110 valence electrons. The van der Waals surface area contributed by atoms with E-state index >= 15 is 0 Å². The van der Waals surface area contributed by atoms with Crippen molar-refractivity contribution < 1.29 is 4.74 Å². The van der Waals surface area contributed by atoms with E-state index in [9.17, 15) is 0 Å². The quantitative estimate of drug-likeness (QED) is 0.585. The van der Waals surface area contributed by atoms with E-state index in [2.05, 4.69) is 46.4 Å². The lowest BCUT2D eigenvalue weighted by molar-refractivity contribution is 0.0168. The molecule has 0 aromatic heterocycles. The number of ether oxygens (including phenoxy) is 1. The third-order valence-electron chi connectivity index (χ3n) is 3.59. The largest absolute Gasteiger partial charge is 0.384 e. The highest BCUT2D eigenvalue weighted by Gasteiger charge is 2.33. The van der Waals surface area contributed by atoms with Crippen LogP contribution in [0.4, 0.5) is 0 Å². The lowest BCUT2D eigenvalue weighted by atomic mass is 9.74. The van der Waals surface area contributed by atoms with Gasteiger partial charge < -0.3 is 9.64 Å². The van der Waals surface area contributed by atoms with E-state index in [0.29, 0.717) is 5.41 Å². The second kappa shape index (κ2) is 8.92. The zero-order valence-corrected chi connectivity index (χ0v) is 13.8. The second-order valence-electron chi connectivity index (χ2n) is 6.59. The van der Waals surface area contributed by atoms with E-state index in [1.807, 2.05) is 7.11 Å². The van der Waals surface area contributed by atoms with Gasteiger partial charge in [-0.15, -0.1) is 0 Å². The summed E-state index contributed by atoms with van der Waals surface area (Å²) in [6, 6.07) is 0. The summed E-state index contributed by atoms with van der Waals surface area (Å²) in [5.74, 6) is 1.46. The van der Waals surface area contributed by atoms with Crippen molar-refractivity contribution in [3.8, 4) is 0 Å². The zero-order valence-electron chi connectivity index (χ0n) is 13.8. The topological polar surface area (TPSA) is 12.5 Å². The maximum Gasteiger partial charge on any atom is 0.0531 e. The Morgan fingerprint density at radius 2 is 1.39 bits per heavy atom. The zero-order chi connectivity index (χ0) is 14.2. The monoisotopic (exact) mass is 257 g/mol. The van der Waals surface area contributed by atoms with E-state index < -0.39 is 0 Å². The van der Waals surface area contributed by atoms with Crippen molar-refractivity contribution in [3.63, 3.8) is 0 Å². The molecule has 0 aliphatic carbocycles. The van der Waals surface area contributed by atoms with E-state index in [-0.39, 0.29) is 0 Å². The van der Waals surface area contributed by atoms with Crippen molar-refractivity contribution in [3.05, 3.63) is 0 Å². The van der Waals surface area contributed by atoms with Gasteiger partial charge in [0.05, 0.1) is 6.61 Å². The summed E-state index contributed by atoms with van der Waals surface area (Å²) < 4.78 is 5.57. The molecule has 0 aliphatic heterocycles. The molecule has 0 radical (unpaired) electrons. The van der Waals surface area contributed by atoms with Crippen molar-refractivity contribution in [2.75, 3.05) is 33.4 Å². The Morgan fingerprint density at radius 1 is 0.944 bits per heavy atom. The molecule has 2 nitrogen and oxygen atoms in total. The second-order valence-corrected chi connectivity index (χ2v) is 6.59. The number of methoxy groups -OCH3 is 1. The van der Waals surface area contributed by atoms with Crippen molar-refractivity contribution >= 4 is 0 Å². The van der Waals surface area contributed by atoms with Gasteiger partial charge >= 0.3 is 0 Å². The number of hydrogen-bond donors (Lipinski definition) is 0. The van der Waals surface area contributed by atoms with Gasteiger partial charge in [0.2, 0.25) is 0 Å². The molecule has 0 bridgehead atoms. The van der Waals surface area contributed by atoms with Crippen molar-refractivity contribution in [1.29, 1.82) is 0 Å². The minimum absolute atomic E-state index is 0.323. The minimum atomic E-state index is 0.323. The Kier molecular flexibility index (Phi) is 8.89. The molecule has 0 fully saturated rings. The number of nitrogens with zero attached hydrogens (tertiary/aromatic N) is 1. The molecule has 0 N–H and O–H groups in total. The summed E-state index contributed by atoms with van der Waals surface area (Å²) in [5, 5.41) is 0. The molecule has 0 aromatic carbocycles. The Labute approximate surface area is 115 Å². The van der Waals surface area contributed by atoms with Crippen LogP contribution in [-0.4, -0.2) is 38.3 Å². The number of rotatable bonds is 10. The molecule has 0 spiro atoms. The molecule has 2 heteroatoms. The van der Waals surface area contributed by atoms with Gasteiger partial charge in [-0.3, -0.25) is 0 Å². The highest BCUT2D eigenvalue weighted by molar-refractivity contribution is 4.85. The van der Waals surface area contributed by atoms with Gasteiger partial charge in [0.25, 0.3) is 0 Å². The molecule has 0 saturated carbocycles. The molecular weight excluding hydrogens is 222 g/mol. The summed E-state index contributed by atoms with van der Waals surface area (Å²) >= 11 is 0. The van der Waals surface area contributed by atoms with Crippen LogP contribution in [-0.2, 0) is 4.74 Å².